The second-order valence-electron chi connectivity index (χ2n) is 7.71. The Morgan fingerprint density at radius 2 is 1.76 bits per heavy atom. The van der Waals surface area contributed by atoms with Gasteiger partial charge in [-0.2, -0.15) is 4.98 Å². The fourth-order valence-electron chi connectivity index (χ4n) is 3.84. The average molecular weight is 464 g/mol. The van der Waals surface area contributed by atoms with Gasteiger partial charge in [-0.25, -0.2) is 9.37 Å². The van der Waals surface area contributed by atoms with Crippen LogP contribution in [0, 0.1) is 5.82 Å². The number of carbonyl (C=O) groups excluding carboxylic acids is 1. The molecule has 1 saturated heterocycles. The van der Waals surface area contributed by atoms with Crippen molar-refractivity contribution in [2.75, 3.05) is 43.4 Å². The van der Waals surface area contributed by atoms with Crippen molar-refractivity contribution >= 4 is 39.2 Å². The van der Waals surface area contributed by atoms with E-state index in [1.54, 1.807) is 16.2 Å². The minimum atomic E-state index is -0.342. The molecule has 1 amide bonds. The summed E-state index contributed by atoms with van der Waals surface area (Å²) in [6.07, 6.45) is 0. The van der Waals surface area contributed by atoms with Gasteiger partial charge < -0.3 is 20.3 Å². The number of ether oxygens (including phenoxy) is 1. The zero-order valence-corrected chi connectivity index (χ0v) is 18.6. The lowest BCUT2D eigenvalue weighted by atomic mass is 10.2. The molecule has 0 radical (unpaired) electrons. The van der Waals surface area contributed by atoms with Gasteiger partial charge in [-0.15, -0.1) is 11.3 Å². The van der Waals surface area contributed by atoms with Crippen LogP contribution in [0.5, 0.6) is 5.75 Å². The third-order valence-electron chi connectivity index (χ3n) is 5.56. The smallest absolute Gasteiger partial charge is 0.260 e. The molecule has 1 aliphatic rings. The van der Waals surface area contributed by atoms with Gasteiger partial charge >= 0.3 is 0 Å². The van der Waals surface area contributed by atoms with Crippen LogP contribution in [0.15, 0.2) is 60.7 Å². The molecule has 2 aromatic carbocycles. The minimum Gasteiger partial charge on any atom is -0.484 e. The highest BCUT2D eigenvalue weighted by atomic mass is 32.1. The van der Waals surface area contributed by atoms with E-state index in [1.165, 1.54) is 24.3 Å². The summed E-state index contributed by atoms with van der Waals surface area (Å²) in [5, 5.41) is 0.965. The van der Waals surface area contributed by atoms with E-state index in [4.69, 9.17) is 10.5 Å². The molecule has 4 aromatic rings. The lowest BCUT2D eigenvalue weighted by Gasteiger charge is -2.35. The van der Waals surface area contributed by atoms with E-state index < -0.39 is 0 Å². The topological polar surface area (TPSA) is 84.6 Å². The number of fused-ring (bicyclic) bond motifs is 1. The van der Waals surface area contributed by atoms with Gasteiger partial charge in [0.1, 0.15) is 22.2 Å². The van der Waals surface area contributed by atoms with Gasteiger partial charge in [-0.1, -0.05) is 30.3 Å². The number of nitrogens with two attached hydrogens (primary N) is 1. The van der Waals surface area contributed by atoms with Crippen LogP contribution in [0.25, 0.3) is 20.7 Å². The predicted molar refractivity (Wildman–Crippen MR) is 128 cm³/mol. The molecular weight excluding hydrogens is 441 g/mol. The van der Waals surface area contributed by atoms with Crippen molar-refractivity contribution in [3.63, 3.8) is 0 Å². The molecule has 3 heterocycles. The Morgan fingerprint density at radius 1 is 1.03 bits per heavy atom. The Kier molecular flexibility index (Phi) is 5.78. The quantitative estimate of drug-likeness (QED) is 0.485. The van der Waals surface area contributed by atoms with E-state index in [-0.39, 0.29) is 24.3 Å². The highest BCUT2D eigenvalue weighted by molar-refractivity contribution is 7.22. The number of hydrogen-bond acceptors (Lipinski definition) is 7. The minimum absolute atomic E-state index is 0.0820. The van der Waals surface area contributed by atoms with Crippen molar-refractivity contribution in [1.29, 1.82) is 0 Å². The van der Waals surface area contributed by atoms with Crippen molar-refractivity contribution in [1.82, 2.24) is 14.9 Å². The van der Waals surface area contributed by atoms with E-state index in [1.807, 2.05) is 18.2 Å². The van der Waals surface area contributed by atoms with Crippen molar-refractivity contribution in [2.45, 2.75) is 0 Å². The molecule has 0 saturated carbocycles. The summed E-state index contributed by atoms with van der Waals surface area (Å²) < 4.78 is 18.5. The Hall–Kier alpha value is -3.72. The molecule has 5 rings (SSSR count). The van der Waals surface area contributed by atoms with Gasteiger partial charge in [0.2, 0.25) is 5.95 Å². The molecule has 1 aliphatic heterocycles. The fraction of sp³-hybridized carbons (Fsp3) is 0.208. The number of thiophene rings is 1. The molecule has 0 bridgehead atoms. The lowest BCUT2D eigenvalue weighted by Crippen LogP contribution is -2.50. The summed E-state index contributed by atoms with van der Waals surface area (Å²) in [4.78, 5) is 27.4. The highest BCUT2D eigenvalue weighted by Crippen LogP contribution is 2.37. The molecular formula is C24H22FN5O2S. The normalized spacial score (nSPS) is 14.0. The van der Waals surface area contributed by atoms with Gasteiger partial charge in [-0.05, 0) is 35.9 Å². The van der Waals surface area contributed by atoms with Gasteiger partial charge in [0, 0.05) is 31.1 Å². The molecule has 1 fully saturated rings. The van der Waals surface area contributed by atoms with Crippen LogP contribution in [-0.2, 0) is 4.79 Å². The number of piperazine rings is 1. The maximum absolute atomic E-state index is 13.0. The molecule has 0 unspecified atom stereocenters. The van der Waals surface area contributed by atoms with Crippen LogP contribution in [0.2, 0.25) is 0 Å². The molecule has 33 heavy (non-hydrogen) atoms. The first-order valence-electron chi connectivity index (χ1n) is 10.6. The summed E-state index contributed by atoms with van der Waals surface area (Å²) >= 11 is 1.59. The number of carbonyl (C=O) groups is 1. The molecule has 2 N–H and O–H groups in total. The third kappa shape index (κ3) is 4.58. The Balaban J connectivity index is 1.27. The van der Waals surface area contributed by atoms with Crippen LogP contribution in [0.1, 0.15) is 0 Å². The molecule has 2 aromatic heterocycles. The van der Waals surface area contributed by atoms with Crippen molar-refractivity contribution in [2.24, 2.45) is 0 Å². The number of rotatable bonds is 5. The fourth-order valence-corrected chi connectivity index (χ4v) is 4.88. The second kappa shape index (κ2) is 9.03. The number of nitrogen functional groups attached to an aromatic ring is 1. The van der Waals surface area contributed by atoms with E-state index in [0.717, 1.165) is 26.5 Å². The Morgan fingerprint density at radius 3 is 2.48 bits per heavy atom. The standard InChI is InChI=1S/C24H22FN5O2S/c25-17-6-8-18(9-7-17)32-15-21(31)29-10-12-30(13-11-29)22-19-14-20(16-4-2-1-3-5-16)33-23(19)28-24(26)27-22/h1-9,14H,10-13,15H2,(H2,26,27,28). The van der Waals surface area contributed by atoms with Gasteiger partial charge in [0.25, 0.3) is 5.91 Å². The first-order chi connectivity index (χ1) is 16.1. The van der Waals surface area contributed by atoms with Crippen LogP contribution >= 0.6 is 11.3 Å². The zero-order valence-electron chi connectivity index (χ0n) is 17.8. The van der Waals surface area contributed by atoms with Gasteiger partial charge in [0.15, 0.2) is 6.61 Å². The van der Waals surface area contributed by atoms with Crippen molar-refractivity contribution in [3.8, 4) is 16.2 Å². The number of halogens is 1. The monoisotopic (exact) mass is 463 g/mol. The predicted octanol–water partition coefficient (Wildman–Crippen LogP) is 3.81. The first-order valence-corrected chi connectivity index (χ1v) is 11.4. The van der Waals surface area contributed by atoms with Crippen LogP contribution in [-0.4, -0.2) is 53.6 Å². The Labute approximate surface area is 194 Å². The van der Waals surface area contributed by atoms with E-state index in [0.29, 0.717) is 31.9 Å². The number of nitrogens with zero attached hydrogens (tertiary/aromatic N) is 4. The van der Waals surface area contributed by atoms with Crippen LogP contribution in [0.3, 0.4) is 0 Å². The molecule has 168 valence electrons. The van der Waals surface area contributed by atoms with E-state index in [9.17, 15) is 9.18 Å². The second-order valence-corrected chi connectivity index (χ2v) is 8.74. The molecule has 9 heteroatoms. The average Bonchev–Trinajstić information content (AvgIpc) is 3.28. The summed E-state index contributed by atoms with van der Waals surface area (Å²) in [5.41, 5.74) is 7.14. The number of benzene rings is 2. The summed E-state index contributed by atoms with van der Waals surface area (Å²) in [7, 11) is 0. The van der Waals surface area contributed by atoms with E-state index >= 15 is 0 Å². The maximum Gasteiger partial charge on any atom is 0.260 e. The lowest BCUT2D eigenvalue weighted by molar-refractivity contribution is -0.133. The van der Waals surface area contributed by atoms with Gasteiger partial charge in [-0.3, -0.25) is 4.79 Å². The van der Waals surface area contributed by atoms with Crippen molar-refractivity contribution in [3.05, 3.63) is 66.5 Å². The highest BCUT2D eigenvalue weighted by Gasteiger charge is 2.24. The first kappa shape index (κ1) is 21.1. The third-order valence-corrected chi connectivity index (χ3v) is 6.63. The molecule has 0 aliphatic carbocycles. The molecule has 0 spiro atoms. The summed E-state index contributed by atoms with van der Waals surface area (Å²) in [5.74, 6) is 1.06. The van der Waals surface area contributed by atoms with Gasteiger partial charge in [0.05, 0.1) is 5.39 Å². The zero-order chi connectivity index (χ0) is 22.8. The number of amides is 1. The molecule has 0 atom stereocenters. The summed E-state index contributed by atoms with van der Waals surface area (Å²) in [6.45, 7) is 2.27. The Bertz CT molecular complexity index is 1270. The SMILES string of the molecule is Nc1nc(N2CCN(C(=O)COc3ccc(F)cc3)CC2)c2cc(-c3ccccc3)sc2n1. The van der Waals surface area contributed by atoms with E-state index in [2.05, 4.69) is 33.1 Å². The van der Waals surface area contributed by atoms with Crippen LogP contribution in [0.4, 0.5) is 16.2 Å². The van der Waals surface area contributed by atoms with Crippen molar-refractivity contribution < 1.29 is 13.9 Å². The number of aromatic nitrogens is 2. The number of anilines is 2. The largest absolute Gasteiger partial charge is 0.484 e. The maximum atomic E-state index is 13.0. The number of hydrogen-bond donors (Lipinski definition) is 1. The molecule has 7 nitrogen and oxygen atoms in total. The van der Waals surface area contributed by atoms with Crippen LogP contribution < -0.4 is 15.4 Å². The summed E-state index contributed by atoms with van der Waals surface area (Å²) in [6, 6.07) is 17.9.